The third-order valence-corrected chi connectivity index (χ3v) is 4.53. The van der Waals surface area contributed by atoms with Gasteiger partial charge >= 0.3 is 0 Å². The summed E-state index contributed by atoms with van der Waals surface area (Å²) in [6, 6.07) is 16.5. The van der Waals surface area contributed by atoms with Crippen LogP contribution in [0, 0.1) is 0 Å². The highest BCUT2D eigenvalue weighted by atomic mass is 35.5. The van der Waals surface area contributed by atoms with Crippen LogP contribution >= 0.6 is 12.4 Å². The smallest absolute Gasteiger partial charge is 0.220 e. The molecule has 0 saturated carbocycles. The van der Waals surface area contributed by atoms with E-state index in [9.17, 15) is 4.79 Å². The maximum atomic E-state index is 12.2. The molecule has 2 N–H and O–H groups in total. The number of fused-ring (bicyclic) bond motifs is 1. The summed E-state index contributed by atoms with van der Waals surface area (Å²) in [6.07, 6.45) is 2.20. The summed E-state index contributed by atoms with van der Waals surface area (Å²) in [4.78, 5) is 12.2. The molecule has 0 spiro atoms. The molecule has 5 heteroatoms. The first kappa shape index (κ1) is 19.3. The highest BCUT2D eigenvalue weighted by Crippen LogP contribution is 2.22. The number of carbonyl (C=O) groups excluding carboxylic acids is 1. The third-order valence-electron chi connectivity index (χ3n) is 4.53. The summed E-state index contributed by atoms with van der Waals surface area (Å²) in [7, 11) is 1.66. The van der Waals surface area contributed by atoms with Crippen molar-refractivity contribution >= 4 is 18.3 Å². The Kier molecular flexibility index (Phi) is 7.29. The summed E-state index contributed by atoms with van der Waals surface area (Å²) < 4.78 is 5.33. The fourth-order valence-electron chi connectivity index (χ4n) is 3.24. The number of benzene rings is 2. The predicted molar refractivity (Wildman–Crippen MR) is 102 cm³/mol. The molecule has 0 radical (unpaired) electrons. The molecular weight excluding hydrogens is 336 g/mol. The van der Waals surface area contributed by atoms with E-state index in [4.69, 9.17) is 4.74 Å². The number of rotatable bonds is 6. The first-order chi connectivity index (χ1) is 11.8. The van der Waals surface area contributed by atoms with Crippen LogP contribution in [0.15, 0.2) is 48.5 Å². The SMILES string of the molecule is COc1ccccc1CCC(=O)NCC1NCCc2ccccc21.Cl. The maximum Gasteiger partial charge on any atom is 0.220 e. The molecule has 1 amide bonds. The third kappa shape index (κ3) is 4.97. The number of methoxy groups -OCH3 is 1. The molecule has 0 aromatic heterocycles. The lowest BCUT2D eigenvalue weighted by Gasteiger charge is -2.27. The number of carbonyl (C=O) groups is 1. The van der Waals surface area contributed by atoms with Gasteiger partial charge < -0.3 is 15.4 Å². The van der Waals surface area contributed by atoms with Crippen molar-refractivity contribution in [2.75, 3.05) is 20.2 Å². The average Bonchev–Trinajstić information content (AvgIpc) is 2.64. The van der Waals surface area contributed by atoms with E-state index in [1.807, 2.05) is 24.3 Å². The van der Waals surface area contributed by atoms with Crippen LogP contribution < -0.4 is 15.4 Å². The van der Waals surface area contributed by atoms with Gasteiger partial charge in [0.25, 0.3) is 0 Å². The van der Waals surface area contributed by atoms with Gasteiger partial charge in [-0.1, -0.05) is 42.5 Å². The minimum Gasteiger partial charge on any atom is -0.496 e. The summed E-state index contributed by atoms with van der Waals surface area (Å²) in [5, 5.41) is 6.55. The van der Waals surface area contributed by atoms with Crippen molar-refractivity contribution < 1.29 is 9.53 Å². The number of nitrogens with one attached hydrogen (secondary N) is 2. The molecule has 3 rings (SSSR count). The summed E-state index contributed by atoms with van der Waals surface area (Å²) in [5.41, 5.74) is 3.74. The summed E-state index contributed by atoms with van der Waals surface area (Å²) in [5.74, 6) is 0.916. The monoisotopic (exact) mass is 360 g/mol. The number of hydrogen-bond acceptors (Lipinski definition) is 3. The molecule has 1 atom stereocenters. The molecule has 0 bridgehead atoms. The number of hydrogen-bond donors (Lipinski definition) is 2. The Morgan fingerprint density at radius 1 is 1.20 bits per heavy atom. The Labute approximate surface area is 155 Å². The first-order valence-electron chi connectivity index (χ1n) is 8.47. The Bertz CT molecular complexity index is 706. The van der Waals surface area contributed by atoms with Crippen LogP contribution in [0.1, 0.15) is 29.2 Å². The van der Waals surface area contributed by atoms with Crippen molar-refractivity contribution in [3.05, 3.63) is 65.2 Å². The quantitative estimate of drug-likeness (QED) is 0.832. The summed E-state index contributed by atoms with van der Waals surface area (Å²) >= 11 is 0. The second-order valence-corrected chi connectivity index (χ2v) is 6.07. The molecule has 1 unspecified atom stereocenters. The van der Waals surface area contributed by atoms with Gasteiger partial charge in [-0.25, -0.2) is 0 Å². The minimum atomic E-state index is 0. The lowest BCUT2D eigenvalue weighted by molar-refractivity contribution is -0.121. The fraction of sp³-hybridized carbons (Fsp3) is 0.350. The van der Waals surface area contributed by atoms with Crippen molar-refractivity contribution in [1.29, 1.82) is 0 Å². The Morgan fingerprint density at radius 3 is 2.80 bits per heavy atom. The van der Waals surface area contributed by atoms with E-state index in [1.165, 1.54) is 11.1 Å². The second kappa shape index (κ2) is 9.44. The van der Waals surface area contributed by atoms with Crippen molar-refractivity contribution in [1.82, 2.24) is 10.6 Å². The van der Waals surface area contributed by atoms with E-state index in [2.05, 4.69) is 34.9 Å². The predicted octanol–water partition coefficient (Wildman–Crippen LogP) is 3.05. The fourth-order valence-corrected chi connectivity index (χ4v) is 3.24. The average molecular weight is 361 g/mol. The molecule has 0 fully saturated rings. The van der Waals surface area contributed by atoms with Crippen molar-refractivity contribution in [3.63, 3.8) is 0 Å². The van der Waals surface area contributed by atoms with Gasteiger partial charge in [-0.05, 0) is 42.1 Å². The number of aryl methyl sites for hydroxylation is 1. The second-order valence-electron chi connectivity index (χ2n) is 6.07. The van der Waals surface area contributed by atoms with Gasteiger partial charge in [0.1, 0.15) is 5.75 Å². The zero-order valence-electron chi connectivity index (χ0n) is 14.5. The van der Waals surface area contributed by atoms with Crippen molar-refractivity contribution in [3.8, 4) is 5.75 Å². The standard InChI is InChI=1S/C20H24N2O2.ClH/c1-24-19-9-5-3-7-16(19)10-11-20(23)22-14-18-17-8-4-2-6-15(17)12-13-21-18;/h2-9,18,21H,10-14H2,1H3,(H,22,23);1H. The van der Waals surface area contributed by atoms with Gasteiger partial charge in [-0.2, -0.15) is 0 Å². The molecular formula is C20H25ClN2O2. The molecule has 134 valence electrons. The van der Waals surface area contributed by atoms with E-state index >= 15 is 0 Å². The van der Waals surface area contributed by atoms with E-state index in [1.54, 1.807) is 7.11 Å². The minimum absolute atomic E-state index is 0. The summed E-state index contributed by atoms with van der Waals surface area (Å²) in [6.45, 7) is 1.58. The Balaban J connectivity index is 0.00000225. The number of ether oxygens (including phenoxy) is 1. The Hall–Kier alpha value is -2.04. The van der Waals surface area contributed by atoms with E-state index in [0.29, 0.717) is 19.4 Å². The van der Waals surface area contributed by atoms with Crippen LogP contribution in [0.5, 0.6) is 5.75 Å². The lowest BCUT2D eigenvalue weighted by atomic mass is 9.94. The molecule has 0 aliphatic carbocycles. The van der Waals surface area contributed by atoms with E-state index in [0.717, 1.165) is 24.3 Å². The highest BCUT2D eigenvalue weighted by molar-refractivity contribution is 5.85. The molecule has 25 heavy (non-hydrogen) atoms. The number of amides is 1. The van der Waals surface area contributed by atoms with Gasteiger partial charge in [0.15, 0.2) is 0 Å². The number of halogens is 1. The molecule has 4 nitrogen and oxygen atoms in total. The molecule has 0 saturated heterocycles. The van der Waals surface area contributed by atoms with E-state index < -0.39 is 0 Å². The zero-order chi connectivity index (χ0) is 16.8. The molecule has 2 aromatic carbocycles. The molecule has 2 aromatic rings. The van der Waals surface area contributed by atoms with Crippen LogP contribution in [0.25, 0.3) is 0 Å². The molecule has 1 aliphatic heterocycles. The van der Waals surface area contributed by atoms with Crippen LogP contribution in [-0.2, 0) is 17.6 Å². The van der Waals surface area contributed by atoms with Gasteiger partial charge in [0.05, 0.1) is 7.11 Å². The Morgan fingerprint density at radius 2 is 1.96 bits per heavy atom. The van der Waals surface area contributed by atoms with Gasteiger partial charge in [0.2, 0.25) is 5.91 Å². The van der Waals surface area contributed by atoms with E-state index in [-0.39, 0.29) is 24.4 Å². The van der Waals surface area contributed by atoms with Crippen LogP contribution in [-0.4, -0.2) is 26.1 Å². The first-order valence-corrected chi connectivity index (χ1v) is 8.47. The molecule has 1 aliphatic rings. The molecule has 1 heterocycles. The lowest BCUT2D eigenvalue weighted by Crippen LogP contribution is -2.38. The van der Waals surface area contributed by atoms with Gasteiger partial charge in [0, 0.05) is 19.0 Å². The van der Waals surface area contributed by atoms with Crippen LogP contribution in [0.4, 0.5) is 0 Å². The highest BCUT2D eigenvalue weighted by Gasteiger charge is 2.19. The van der Waals surface area contributed by atoms with Gasteiger partial charge in [-0.15, -0.1) is 12.4 Å². The van der Waals surface area contributed by atoms with Crippen LogP contribution in [0.3, 0.4) is 0 Å². The van der Waals surface area contributed by atoms with Crippen molar-refractivity contribution in [2.24, 2.45) is 0 Å². The van der Waals surface area contributed by atoms with Crippen LogP contribution in [0.2, 0.25) is 0 Å². The van der Waals surface area contributed by atoms with Crippen molar-refractivity contribution in [2.45, 2.75) is 25.3 Å². The zero-order valence-corrected chi connectivity index (χ0v) is 15.3. The largest absolute Gasteiger partial charge is 0.496 e. The number of para-hydroxylation sites is 1. The topological polar surface area (TPSA) is 50.4 Å². The van der Waals surface area contributed by atoms with Gasteiger partial charge in [-0.3, -0.25) is 4.79 Å². The normalized spacial score (nSPS) is 15.6. The maximum absolute atomic E-state index is 12.2.